The van der Waals surface area contributed by atoms with Crippen molar-refractivity contribution < 1.29 is 13.2 Å². The van der Waals surface area contributed by atoms with Gasteiger partial charge in [-0.15, -0.1) is 11.3 Å². The van der Waals surface area contributed by atoms with E-state index in [-0.39, 0.29) is 10.3 Å². The average molecular weight is 259 g/mol. The number of aldehydes is 1. The van der Waals surface area contributed by atoms with Crippen molar-refractivity contribution >= 4 is 27.6 Å². The normalized spacial score (nSPS) is 17.4. The van der Waals surface area contributed by atoms with Gasteiger partial charge in [-0.2, -0.15) is 4.31 Å². The lowest BCUT2D eigenvalue weighted by Crippen LogP contribution is -2.40. The third kappa shape index (κ3) is 1.92. The molecule has 0 amide bonds. The summed E-state index contributed by atoms with van der Waals surface area (Å²) in [6.45, 7) is 0. The number of rotatable bonds is 4. The number of hydrogen-bond donors (Lipinski definition) is 0. The third-order valence-corrected chi connectivity index (χ3v) is 6.33. The van der Waals surface area contributed by atoms with Crippen LogP contribution in [0, 0.1) is 0 Å². The van der Waals surface area contributed by atoms with Gasteiger partial charge in [-0.25, -0.2) is 8.42 Å². The largest absolute Gasteiger partial charge is 0.297 e. The van der Waals surface area contributed by atoms with Gasteiger partial charge in [0.05, 0.1) is 4.88 Å². The number of nitrogens with zero attached hydrogens (tertiary/aromatic N) is 1. The first kappa shape index (κ1) is 11.8. The van der Waals surface area contributed by atoms with Crippen molar-refractivity contribution in [3.63, 3.8) is 0 Å². The van der Waals surface area contributed by atoms with E-state index in [1.165, 1.54) is 10.4 Å². The first-order valence-electron chi connectivity index (χ1n) is 5.09. The van der Waals surface area contributed by atoms with Crippen LogP contribution in [0.4, 0.5) is 0 Å². The maximum atomic E-state index is 12.1. The van der Waals surface area contributed by atoms with E-state index in [0.717, 1.165) is 30.6 Å². The van der Waals surface area contributed by atoms with Crippen LogP contribution in [0.25, 0.3) is 0 Å². The molecular weight excluding hydrogens is 246 g/mol. The van der Waals surface area contributed by atoms with Crippen molar-refractivity contribution in [2.75, 3.05) is 7.05 Å². The molecule has 0 N–H and O–H groups in total. The van der Waals surface area contributed by atoms with Crippen molar-refractivity contribution in [2.45, 2.75) is 29.5 Å². The number of carbonyl (C=O) groups excluding carboxylic acids is 1. The molecule has 0 bridgehead atoms. The Morgan fingerprint density at radius 2 is 2.12 bits per heavy atom. The molecule has 6 heteroatoms. The fourth-order valence-electron chi connectivity index (χ4n) is 1.62. The minimum atomic E-state index is -3.40. The molecule has 2 rings (SSSR count). The summed E-state index contributed by atoms with van der Waals surface area (Å²) in [7, 11) is -1.78. The van der Waals surface area contributed by atoms with E-state index >= 15 is 0 Å². The van der Waals surface area contributed by atoms with Gasteiger partial charge in [0.1, 0.15) is 4.21 Å². The van der Waals surface area contributed by atoms with Gasteiger partial charge in [0.2, 0.25) is 0 Å². The van der Waals surface area contributed by atoms with Crippen molar-refractivity contribution in [1.82, 2.24) is 4.31 Å². The molecule has 1 aliphatic carbocycles. The lowest BCUT2D eigenvalue weighted by molar-refractivity contribution is 0.112. The van der Waals surface area contributed by atoms with Crippen LogP contribution in [0.2, 0.25) is 0 Å². The summed E-state index contributed by atoms with van der Waals surface area (Å²) in [5.74, 6) is 0. The quantitative estimate of drug-likeness (QED) is 0.774. The zero-order valence-electron chi connectivity index (χ0n) is 8.92. The molecule has 1 saturated carbocycles. The monoisotopic (exact) mass is 259 g/mol. The van der Waals surface area contributed by atoms with E-state index in [0.29, 0.717) is 11.2 Å². The fourth-order valence-corrected chi connectivity index (χ4v) is 4.37. The Hall–Kier alpha value is -0.720. The van der Waals surface area contributed by atoms with Gasteiger partial charge in [0, 0.05) is 13.1 Å². The van der Waals surface area contributed by atoms with Gasteiger partial charge in [-0.05, 0) is 25.0 Å². The zero-order chi connectivity index (χ0) is 11.8. The second kappa shape index (κ2) is 4.27. The average Bonchev–Trinajstić information content (AvgIpc) is 2.63. The Bertz CT molecular complexity index is 488. The summed E-state index contributed by atoms with van der Waals surface area (Å²) in [5, 5.41) is 0. The molecule has 88 valence electrons. The second-order valence-corrected chi connectivity index (χ2v) is 7.22. The van der Waals surface area contributed by atoms with Crippen LogP contribution in [0.1, 0.15) is 28.9 Å². The van der Waals surface area contributed by atoms with E-state index in [4.69, 9.17) is 0 Å². The topological polar surface area (TPSA) is 54.5 Å². The molecular formula is C10H13NO3S2. The minimum Gasteiger partial charge on any atom is -0.297 e. The highest BCUT2D eigenvalue weighted by molar-refractivity contribution is 7.91. The molecule has 0 radical (unpaired) electrons. The molecule has 1 fully saturated rings. The molecule has 0 spiro atoms. The van der Waals surface area contributed by atoms with Gasteiger partial charge in [0.15, 0.2) is 6.29 Å². The zero-order valence-corrected chi connectivity index (χ0v) is 10.6. The second-order valence-electron chi connectivity index (χ2n) is 3.88. The van der Waals surface area contributed by atoms with Crippen LogP contribution < -0.4 is 0 Å². The van der Waals surface area contributed by atoms with Gasteiger partial charge in [0.25, 0.3) is 10.0 Å². The molecule has 1 aliphatic rings. The number of thiophene rings is 1. The molecule has 1 aromatic rings. The van der Waals surface area contributed by atoms with Crippen molar-refractivity contribution in [1.29, 1.82) is 0 Å². The van der Waals surface area contributed by atoms with Crippen LogP contribution in [0.5, 0.6) is 0 Å². The van der Waals surface area contributed by atoms with Crippen LogP contribution in [-0.4, -0.2) is 32.1 Å². The van der Waals surface area contributed by atoms with Crippen LogP contribution in [-0.2, 0) is 10.0 Å². The van der Waals surface area contributed by atoms with Crippen LogP contribution in [0.15, 0.2) is 16.3 Å². The lowest BCUT2D eigenvalue weighted by Gasteiger charge is -2.33. The molecule has 0 saturated heterocycles. The Balaban J connectivity index is 2.26. The summed E-state index contributed by atoms with van der Waals surface area (Å²) < 4.78 is 25.9. The van der Waals surface area contributed by atoms with Crippen molar-refractivity contribution in [3.8, 4) is 0 Å². The fraction of sp³-hybridized carbons (Fsp3) is 0.500. The number of hydrogen-bond acceptors (Lipinski definition) is 4. The highest BCUT2D eigenvalue weighted by atomic mass is 32.2. The van der Waals surface area contributed by atoms with E-state index in [9.17, 15) is 13.2 Å². The summed E-state index contributed by atoms with van der Waals surface area (Å²) in [6.07, 6.45) is 3.63. The van der Waals surface area contributed by atoms with E-state index in [1.807, 2.05) is 0 Å². The van der Waals surface area contributed by atoms with Crippen molar-refractivity contribution in [2.24, 2.45) is 0 Å². The highest BCUT2D eigenvalue weighted by Gasteiger charge is 2.32. The van der Waals surface area contributed by atoms with Gasteiger partial charge < -0.3 is 0 Å². The standard InChI is InChI=1S/C10H13NO3S2/c1-11(8-3-2-4-8)16(13,14)10-6-5-9(7-12)15-10/h5-8H,2-4H2,1H3. The maximum Gasteiger partial charge on any atom is 0.252 e. The molecule has 0 atom stereocenters. The Kier molecular flexibility index (Phi) is 3.14. The van der Waals surface area contributed by atoms with E-state index in [1.54, 1.807) is 13.1 Å². The highest BCUT2D eigenvalue weighted by Crippen LogP contribution is 2.30. The van der Waals surface area contributed by atoms with Crippen LogP contribution >= 0.6 is 11.3 Å². The molecule has 1 aromatic heterocycles. The SMILES string of the molecule is CN(C1CCC1)S(=O)(=O)c1ccc(C=O)s1. The lowest BCUT2D eigenvalue weighted by atomic mass is 9.94. The third-order valence-electron chi connectivity index (χ3n) is 2.94. The predicted molar refractivity (Wildman–Crippen MR) is 62.3 cm³/mol. The first-order valence-corrected chi connectivity index (χ1v) is 7.34. The predicted octanol–water partition coefficient (Wildman–Crippen LogP) is 1.73. The number of sulfonamides is 1. The molecule has 1 heterocycles. The minimum absolute atomic E-state index is 0.131. The summed E-state index contributed by atoms with van der Waals surface area (Å²) in [6, 6.07) is 3.17. The van der Waals surface area contributed by atoms with Crippen LogP contribution in [0.3, 0.4) is 0 Å². The van der Waals surface area contributed by atoms with Gasteiger partial charge in [-0.3, -0.25) is 4.79 Å². The molecule has 4 nitrogen and oxygen atoms in total. The summed E-state index contributed by atoms with van der Waals surface area (Å²) >= 11 is 1.02. The maximum absolute atomic E-state index is 12.1. The summed E-state index contributed by atoms with van der Waals surface area (Å²) in [4.78, 5) is 11.0. The molecule has 16 heavy (non-hydrogen) atoms. The first-order chi connectivity index (χ1) is 7.55. The number of carbonyl (C=O) groups is 1. The van der Waals surface area contributed by atoms with E-state index in [2.05, 4.69) is 0 Å². The molecule has 0 aromatic carbocycles. The van der Waals surface area contributed by atoms with Crippen molar-refractivity contribution in [3.05, 3.63) is 17.0 Å². The van der Waals surface area contributed by atoms with E-state index < -0.39 is 10.0 Å². The smallest absolute Gasteiger partial charge is 0.252 e. The molecule has 0 unspecified atom stereocenters. The Labute approximate surface area is 98.9 Å². The molecule has 0 aliphatic heterocycles. The summed E-state index contributed by atoms with van der Waals surface area (Å²) in [5.41, 5.74) is 0. The van der Waals surface area contributed by atoms with Gasteiger partial charge >= 0.3 is 0 Å². The van der Waals surface area contributed by atoms with Gasteiger partial charge in [-0.1, -0.05) is 6.42 Å². The Morgan fingerprint density at radius 1 is 1.44 bits per heavy atom. The Morgan fingerprint density at radius 3 is 2.56 bits per heavy atom.